The molecule has 1 saturated heterocycles. The SMILES string of the molecule is Cl.Cl.O=C(CCC1CCNCC1)Nc1ccc(Cn2cncn2)cc1. The molecule has 0 atom stereocenters. The number of anilines is 1. The van der Waals surface area contributed by atoms with E-state index in [4.69, 9.17) is 0 Å². The Kier molecular flexibility index (Phi) is 9.49. The lowest BCUT2D eigenvalue weighted by atomic mass is 9.93. The number of nitrogens with zero attached hydrogens (tertiary/aromatic N) is 3. The van der Waals surface area contributed by atoms with Gasteiger partial charge in [0.15, 0.2) is 0 Å². The number of hydrogen-bond acceptors (Lipinski definition) is 4. The Bertz CT molecular complexity index is 612. The van der Waals surface area contributed by atoms with Crippen LogP contribution in [0.25, 0.3) is 0 Å². The van der Waals surface area contributed by atoms with E-state index < -0.39 is 0 Å². The van der Waals surface area contributed by atoms with Gasteiger partial charge in [-0.15, -0.1) is 24.8 Å². The molecule has 25 heavy (non-hydrogen) atoms. The maximum absolute atomic E-state index is 12.0. The van der Waals surface area contributed by atoms with Gasteiger partial charge in [0, 0.05) is 12.1 Å². The van der Waals surface area contributed by atoms with E-state index >= 15 is 0 Å². The van der Waals surface area contributed by atoms with E-state index in [9.17, 15) is 4.79 Å². The van der Waals surface area contributed by atoms with E-state index in [1.807, 2.05) is 24.3 Å². The van der Waals surface area contributed by atoms with Crippen molar-refractivity contribution in [2.45, 2.75) is 32.2 Å². The van der Waals surface area contributed by atoms with Crippen LogP contribution >= 0.6 is 24.8 Å². The number of benzene rings is 1. The molecule has 0 saturated carbocycles. The lowest BCUT2D eigenvalue weighted by Crippen LogP contribution is -2.28. The summed E-state index contributed by atoms with van der Waals surface area (Å²) in [4.78, 5) is 16.0. The topological polar surface area (TPSA) is 71.8 Å². The van der Waals surface area contributed by atoms with E-state index in [0.29, 0.717) is 18.9 Å². The lowest BCUT2D eigenvalue weighted by molar-refractivity contribution is -0.116. The van der Waals surface area contributed by atoms with Gasteiger partial charge in [-0.2, -0.15) is 5.10 Å². The van der Waals surface area contributed by atoms with Crippen molar-refractivity contribution in [3.05, 3.63) is 42.5 Å². The van der Waals surface area contributed by atoms with Gasteiger partial charge in [0.25, 0.3) is 0 Å². The summed E-state index contributed by atoms with van der Waals surface area (Å²) in [5.74, 6) is 0.791. The van der Waals surface area contributed by atoms with Gasteiger partial charge in [-0.05, 0) is 56.0 Å². The largest absolute Gasteiger partial charge is 0.326 e. The van der Waals surface area contributed by atoms with Crippen molar-refractivity contribution in [2.75, 3.05) is 18.4 Å². The summed E-state index contributed by atoms with van der Waals surface area (Å²) in [6, 6.07) is 7.89. The predicted octanol–water partition coefficient (Wildman–Crippen LogP) is 2.89. The highest BCUT2D eigenvalue weighted by atomic mass is 35.5. The summed E-state index contributed by atoms with van der Waals surface area (Å²) in [5, 5.41) is 10.4. The van der Waals surface area contributed by atoms with Crippen molar-refractivity contribution in [3.63, 3.8) is 0 Å². The minimum Gasteiger partial charge on any atom is -0.326 e. The zero-order valence-electron chi connectivity index (χ0n) is 14.1. The number of carbonyl (C=O) groups excluding carboxylic acids is 1. The number of aromatic nitrogens is 3. The Balaban J connectivity index is 0.00000156. The third-order valence-corrected chi connectivity index (χ3v) is 4.29. The number of hydrogen-bond donors (Lipinski definition) is 2. The Labute approximate surface area is 160 Å². The zero-order chi connectivity index (χ0) is 15.9. The van der Waals surface area contributed by atoms with Gasteiger partial charge in [-0.1, -0.05) is 12.1 Å². The van der Waals surface area contributed by atoms with Crippen LogP contribution in [-0.2, 0) is 11.3 Å². The molecule has 2 aromatic rings. The Morgan fingerprint density at radius 2 is 1.92 bits per heavy atom. The smallest absolute Gasteiger partial charge is 0.224 e. The molecule has 1 amide bonds. The molecule has 1 aromatic heterocycles. The van der Waals surface area contributed by atoms with Crippen LogP contribution in [0.4, 0.5) is 5.69 Å². The van der Waals surface area contributed by atoms with Crippen LogP contribution in [0.2, 0.25) is 0 Å². The molecule has 138 valence electrons. The molecule has 1 aromatic carbocycles. The molecule has 0 unspecified atom stereocenters. The van der Waals surface area contributed by atoms with Crippen LogP contribution in [0.1, 0.15) is 31.2 Å². The first kappa shape index (κ1) is 21.4. The first-order chi connectivity index (χ1) is 11.3. The number of nitrogens with one attached hydrogen (secondary N) is 2. The molecule has 8 heteroatoms. The van der Waals surface area contributed by atoms with Crippen molar-refractivity contribution in [3.8, 4) is 0 Å². The highest BCUT2D eigenvalue weighted by Gasteiger charge is 2.14. The average molecular weight is 386 g/mol. The van der Waals surface area contributed by atoms with Crippen molar-refractivity contribution in [2.24, 2.45) is 5.92 Å². The minimum atomic E-state index is 0. The maximum atomic E-state index is 12.0. The monoisotopic (exact) mass is 385 g/mol. The molecule has 2 heterocycles. The van der Waals surface area contributed by atoms with Crippen LogP contribution in [-0.4, -0.2) is 33.8 Å². The summed E-state index contributed by atoms with van der Waals surface area (Å²) in [6.45, 7) is 2.85. The third-order valence-electron chi connectivity index (χ3n) is 4.29. The standard InChI is InChI=1S/C17H23N5O.2ClH/c23-17(6-3-14-7-9-18-10-8-14)21-16-4-1-15(2-5-16)11-22-13-19-12-20-22;;/h1-2,4-5,12-14,18H,3,6-11H2,(H,21,23);2*1H. The van der Waals surface area contributed by atoms with Crippen molar-refractivity contribution in [1.82, 2.24) is 20.1 Å². The second-order valence-corrected chi connectivity index (χ2v) is 6.07. The van der Waals surface area contributed by atoms with E-state index in [1.54, 1.807) is 11.0 Å². The number of halogens is 2. The fourth-order valence-electron chi connectivity index (χ4n) is 2.92. The number of rotatable bonds is 6. The van der Waals surface area contributed by atoms with Crippen molar-refractivity contribution in [1.29, 1.82) is 0 Å². The van der Waals surface area contributed by atoms with Gasteiger partial charge in [0.05, 0.1) is 6.54 Å². The first-order valence-corrected chi connectivity index (χ1v) is 8.21. The molecule has 0 spiro atoms. The van der Waals surface area contributed by atoms with Gasteiger partial charge in [0.2, 0.25) is 5.91 Å². The molecule has 2 N–H and O–H groups in total. The maximum Gasteiger partial charge on any atom is 0.224 e. The fourth-order valence-corrected chi connectivity index (χ4v) is 2.92. The van der Waals surface area contributed by atoms with Crippen LogP contribution < -0.4 is 10.6 Å². The Morgan fingerprint density at radius 1 is 1.20 bits per heavy atom. The van der Waals surface area contributed by atoms with Crippen LogP contribution in [0.3, 0.4) is 0 Å². The minimum absolute atomic E-state index is 0. The predicted molar refractivity (Wildman–Crippen MR) is 104 cm³/mol. The summed E-state index contributed by atoms with van der Waals surface area (Å²) in [7, 11) is 0. The van der Waals surface area contributed by atoms with E-state index in [0.717, 1.165) is 30.8 Å². The normalized spacial score (nSPS) is 14.2. The number of piperidine rings is 1. The fraction of sp³-hybridized carbons (Fsp3) is 0.471. The molecule has 0 aliphatic carbocycles. The third kappa shape index (κ3) is 7.02. The van der Waals surface area contributed by atoms with Gasteiger partial charge in [-0.25, -0.2) is 9.67 Å². The lowest BCUT2D eigenvalue weighted by Gasteiger charge is -2.22. The highest BCUT2D eigenvalue weighted by molar-refractivity contribution is 5.90. The molecular formula is C17H25Cl2N5O. The average Bonchev–Trinajstić information content (AvgIpc) is 3.09. The number of amides is 1. The molecule has 0 radical (unpaired) electrons. The van der Waals surface area contributed by atoms with E-state index in [2.05, 4.69) is 20.7 Å². The van der Waals surface area contributed by atoms with Crippen LogP contribution in [0, 0.1) is 5.92 Å². The van der Waals surface area contributed by atoms with Gasteiger partial charge < -0.3 is 10.6 Å². The number of carbonyl (C=O) groups is 1. The van der Waals surface area contributed by atoms with E-state index in [1.165, 1.54) is 19.2 Å². The van der Waals surface area contributed by atoms with Gasteiger partial charge in [-0.3, -0.25) is 4.79 Å². The van der Waals surface area contributed by atoms with Gasteiger partial charge in [0.1, 0.15) is 12.7 Å². The highest BCUT2D eigenvalue weighted by Crippen LogP contribution is 2.18. The molecule has 1 aliphatic heterocycles. The van der Waals surface area contributed by atoms with Crippen LogP contribution in [0.5, 0.6) is 0 Å². The zero-order valence-corrected chi connectivity index (χ0v) is 15.7. The van der Waals surface area contributed by atoms with E-state index in [-0.39, 0.29) is 30.7 Å². The molecule has 3 rings (SSSR count). The van der Waals surface area contributed by atoms with Crippen molar-refractivity contribution >= 4 is 36.4 Å². The molecular weight excluding hydrogens is 361 g/mol. The molecule has 0 bridgehead atoms. The summed E-state index contributed by atoms with van der Waals surface area (Å²) in [6.07, 6.45) is 7.17. The molecule has 1 aliphatic rings. The second-order valence-electron chi connectivity index (χ2n) is 6.07. The van der Waals surface area contributed by atoms with Crippen molar-refractivity contribution < 1.29 is 4.79 Å². The quantitative estimate of drug-likeness (QED) is 0.801. The summed E-state index contributed by atoms with van der Waals surface area (Å²) < 4.78 is 1.77. The molecule has 1 fully saturated rings. The Hall–Kier alpha value is -1.63. The summed E-state index contributed by atoms with van der Waals surface area (Å²) >= 11 is 0. The van der Waals surface area contributed by atoms with Gasteiger partial charge >= 0.3 is 0 Å². The Morgan fingerprint density at radius 3 is 2.56 bits per heavy atom. The summed E-state index contributed by atoms with van der Waals surface area (Å²) in [5.41, 5.74) is 1.98. The first-order valence-electron chi connectivity index (χ1n) is 8.21. The second kappa shape index (κ2) is 11.1. The van der Waals surface area contributed by atoms with Crippen LogP contribution in [0.15, 0.2) is 36.9 Å². The molecule has 6 nitrogen and oxygen atoms in total.